The Balaban J connectivity index is 2.22. The molecule has 102 valence electrons. The van der Waals surface area contributed by atoms with Crippen LogP contribution < -0.4 is 5.73 Å². The van der Waals surface area contributed by atoms with Crippen molar-refractivity contribution in [2.45, 2.75) is 65.8 Å². The molecule has 1 aliphatic heterocycles. The summed E-state index contributed by atoms with van der Waals surface area (Å²) < 4.78 is 0. The first kappa shape index (κ1) is 15.0. The summed E-state index contributed by atoms with van der Waals surface area (Å²) in [4.78, 5) is 2.68. The van der Waals surface area contributed by atoms with Crippen LogP contribution in [0, 0.1) is 11.3 Å². The topological polar surface area (TPSA) is 29.3 Å². The Hall–Kier alpha value is -0.0800. The number of nitrogens with zero attached hydrogens (tertiary/aromatic N) is 1. The fourth-order valence-electron chi connectivity index (χ4n) is 3.06. The van der Waals surface area contributed by atoms with Gasteiger partial charge in [0.2, 0.25) is 0 Å². The lowest BCUT2D eigenvalue weighted by atomic mass is 9.84. The van der Waals surface area contributed by atoms with Crippen molar-refractivity contribution in [3.05, 3.63) is 0 Å². The minimum Gasteiger partial charge on any atom is -0.330 e. The molecule has 17 heavy (non-hydrogen) atoms. The predicted octanol–water partition coefficient (Wildman–Crippen LogP) is 3.26. The number of piperidine rings is 1. The molecule has 0 radical (unpaired) electrons. The van der Waals surface area contributed by atoms with Crippen LogP contribution in [-0.4, -0.2) is 30.6 Å². The summed E-state index contributed by atoms with van der Waals surface area (Å²) in [7, 11) is 0. The van der Waals surface area contributed by atoms with Crippen LogP contribution in [0.4, 0.5) is 0 Å². The Morgan fingerprint density at radius 1 is 1.24 bits per heavy atom. The fraction of sp³-hybridized carbons (Fsp3) is 1.00. The van der Waals surface area contributed by atoms with E-state index in [2.05, 4.69) is 32.6 Å². The van der Waals surface area contributed by atoms with Crippen LogP contribution in [0.1, 0.15) is 59.8 Å². The van der Waals surface area contributed by atoms with Gasteiger partial charge in [-0.2, -0.15) is 0 Å². The maximum Gasteiger partial charge on any atom is 0.00694 e. The maximum atomic E-state index is 5.66. The quantitative estimate of drug-likeness (QED) is 0.772. The standard InChI is InChI=1S/C15H32N2/c1-13-6-11-17(14(2)12-13)10-5-7-15(3,4)8-9-16/h13-14H,5-12,16H2,1-4H3. The minimum atomic E-state index is 0.432. The van der Waals surface area contributed by atoms with Crippen molar-refractivity contribution in [3.8, 4) is 0 Å². The van der Waals surface area contributed by atoms with Gasteiger partial charge in [0.15, 0.2) is 0 Å². The molecular weight excluding hydrogens is 208 g/mol. The molecule has 1 rings (SSSR count). The number of hydrogen-bond acceptors (Lipinski definition) is 2. The first-order valence-corrected chi connectivity index (χ1v) is 7.39. The van der Waals surface area contributed by atoms with E-state index in [1.807, 2.05) is 0 Å². The van der Waals surface area contributed by atoms with Crippen molar-refractivity contribution < 1.29 is 0 Å². The molecule has 0 aliphatic carbocycles. The first-order valence-electron chi connectivity index (χ1n) is 7.39. The van der Waals surface area contributed by atoms with Gasteiger partial charge in [0.1, 0.15) is 0 Å². The second-order valence-electron chi connectivity index (χ2n) is 6.82. The third-order valence-electron chi connectivity index (χ3n) is 4.40. The van der Waals surface area contributed by atoms with Gasteiger partial charge in [0, 0.05) is 6.04 Å². The molecule has 1 saturated heterocycles. The molecule has 0 spiro atoms. The summed E-state index contributed by atoms with van der Waals surface area (Å²) in [6, 6.07) is 0.788. The average molecular weight is 240 g/mol. The first-order chi connectivity index (χ1) is 7.94. The molecule has 2 heteroatoms. The largest absolute Gasteiger partial charge is 0.330 e. The van der Waals surface area contributed by atoms with E-state index in [4.69, 9.17) is 5.73 Å². The van der Waals surface area contributed by atoms with Gasteiger partial charge in [0.05, 0.1) is 0 Å². The molecule has 0 aromatic rings. The molecule has 1 aliphatic rings. The number of likely N-dealkylation sites (tertiary alicyclic amines) is 1. The Morgan fingerprint density at radius 3 is 2.53 bits per heavy atom. The van der Waals surface area contributed by atoms with E-state index >= 15 is 0 Å². The number of nitrogens with two attached hydrogens (primary N) is 1. The van der Waals surface area contributed by atoms with Crippen molar-refractivity contribution in [2.24, 2.45) is 17.1 Å². The molecule has 2 N–H and O–H groups in total. The van der Waals surface area contributed by atoms with Gasteiger partial charge in [-0.05, 0) is 70.0 Å². The third kappa shape index (κ3) is 5.39. The zero-order chi connectivity index (χ0) is 12.9. The van der Waals surface area contributed by atoms with Gasteiger partial charge in [-0.1, -0.05) is 20.8 Å². The lowest BCUT2D eigenvalue weighted by Gasteiger charge is -2.37. The van der Waals surface area contributed by atoms with Crippen LogP contribution in [0.5, 0.6) is 0 Å². The van der Waals surface area contributed by atoms with Crippen LogP contribution in [0.15, 0.2) is 0 Å². The van der Waals surface area contributed by atoms with E-state index in [-0.39, 0.29) is 0 Å². The molecular formula is C15H32N2. The van der Waals surface area contributed by atoms with Crippen LogP contribution in [0.25, 0.3) is 0 Å². The zero-order valence-electron chi connectivity index (χ0n) is 12.3. The monoisotopic (exact) mass is 240 g/mol. The summed E-state index contributed by atoms with van der Waals surface area (Å²) in [6.07, 6.45) is 6.55. The zero-order valence-corrected chi connectivity index (χ0v) is 12.3. The molecule has 0 saturated carbocycles. The van der Waals surface area contributed by atoms with E-state index in [1.165, 1.54) is 38.8 Å². The Morgan fingerprint density at radius 2 is 1.94 bits per heavy atom. The molecule has 1 heterocycles. The van der Waals surface area contributed by atoms with Crippen LogP contribution >= 0.6 is 0 Å². The third-order valence-corrected chi connectivity index (χ3v) is 4.40. The van der Waals surface area contributed by atoms with Gasteiger partial charge in [-0.3, -0.25) is 0 Å². The highest BCUT2D eigenvalue weighted by Crippen LogP contribution is 2.27. The Labute approximate surface area is 108 Å². The van der Waals surface area contributed by atoms with Crippen molar-refractivity contribution in [3.63, 3.8) is 0 Å². The highest BCUT2D eigenvalue weighted by atomic mass is 15.2. The van der Waals surface area contributed by atoms with Crippen LogP contribution in [-0.2, 0) is 0 Å². The second-order valence-corrected chi connectivity index (χ2v) is 6.82. The lowest BCUT2D eigenvalue weighted by Crippen LogP contribution is -2.40. The van der Waals surface area contributed by atoms with Gasteiger partial charge in [-0.15, -0.1) is 0 Å². The van der Waals surface area contributed by atoms with Crippen LogP contribution in [0.2, 0.25) is 0 Å². The molecule has 2 unspecified atom stereocenters. The minimum absolute atomic E-state index is 0.432. The van der Waals surface area contributed by atoms with E-state index in [1.54, 1.807) is 0 Å². The lowest BCUT2D eigenvalue weighted by molar-refractivity contribution is 0.121. The normalized spacial score (nSPS) is 27.4. The summed E-state index contributed by atoms with van der Waals surface area (Å²) in [5.41, 5.74) is 6.09. The van der Waals surface area contributed by atoms with E-state index in [9.17, 15) is 0 Å². The molecule has 1 fully saturated rings. The van der Waals surface area contributed by atoms with Crippen molar-refractivity contribution in [1.82, 2.24) is 4.90 Å². The maximum absolute atomic E-state index is 5.66. The van der Waals surface area contributed by atoms with Gasteiger partial charge in [0.25, 0.3) is 0 Å². The summed E-state index contributed by atoms with van der Waals surface area (Å²) in [5.74, 6) is 0.926. The summed E-state index contributed by atoms with van der Waals surface area (Å²) in [5, 5.41) is 0. The predicted molar refractivity (Wildman–Crippen MR) is 76.1 cm³/mol. The molecule has 0 aromatic carbocycles. The number of rotatable bonds is 6. The van der Waals surface area contributed by atoms with Crippen molar-refractivity contribution in [2.75, 3.05) is 19.6 Å². The van der Waals surface area contributed by atoms with Crippen LogP contribution in [0.3, 0.4) is 0 Å². The van der Waals surface area contributed by atoms with Crippen molar-refractivity contribution >= 4 is 0 Å². The van der Waals surface area contributed by atoms with Gasteiger partial charge in [-0.25, -0.2) is 0 Å². The highest BCUT2D eigenvalue weighted by Gasteiger charge is 2.23. The second kappa shape index (κ2) is 6.75. The average Bonchev–Trinajstić information content (AvgIpc) is 2.21. The molecule has 0 bridgehead atoms. The number of hydrogen-bond donors (Lipinski definition) is 1. The summed E-state index contributed by atoms with van der Waals surface area (Å²) >= 11 is 0. The molecule has 0 amide bonds. The van der Waals surface area contributed by atoms with E-state index in [0.717, 1.165) is 24.9 Å². The molecule has 2 atom stereocenters. The molecule has 2 nitrogen and oxygen atoms in total. The Kier molecular flexibility index (Phi) is 5.94. The van der Waals surface area contributed by atoms with E-state index < -0.39 is 0 Å². The SMILES string of the molecule is CC1CCN(CCCC(C)(C)CCN)C(C)C1. The highest BCUT2D eigenvalue weighted by molar-refractivity contribution is 4.78. The Bertz CT molecular complexity index is 213. The smallest absolute Gasteiger partial charge is 0.00694 e. The van der Waals surface area contributed by atoms with Gasteiger partial charge >= 0.3 is 0 Å². The fourth-order valence-corrected chi connectivity index (χ4v) is 3.06. The summed E-state index contributed by atoms with van der Waals surface area (Å²) in [6.45, 7) is 12.9. The van der Waals surface area contributed by atoms with Crippen molar-refractivity contribution in [1.29, 1.82) is 0 Å². The molecule has 0 aromatic heterocycles. The van der Waals surface area contributed by atoms with Gasteiger partial charge < -0.3 is 10.6 Å². The van der Waals surface area contributed by atoms with E-state index in [0.29, 0.717) is 5.41 Å².